The van der Waals surface area contributed by atoms with Crippen LogP contribution in [0, 0.1) is 0 Å². The summed E-state index contributed by atoms with van der Waals surface area (Å²) in [6, 6.07) is 30.8. The molecule has 0 bridgehead atoms. The molecule has 0 N–H and O–H groups in total. The van der Waals surface area contributed by atoms with Gasteiger partial charge in [-0.15, -0.1) is 0 Å². The molecule has 2 aliphatic rings. The molecule has 0 amide bonds. The quantitative estimate of drug-likeness (QED) is 0.311. The van der Waals surface area contributed by atoms with Crippen LogP contribution in [-0.4, -0.2) is 14.1 Å². The summed E-state index contributed by atoms with van der Waals surface area (Å²) in [5, 5.41) is 0. The smallest absolute Gasteiger partial charge is 0.0556 e. The van der Waals surface area contributed by atoms with Gasteiger partial charge < -0.3 is 9.80 Å². The highest BCUT2D eigenvalue weighted by atomic mass is 32.2. The Hall–Kier alpha value is -3.43. The minimum absolute atomic E-state index is 1.23. The van der Waals surface area contributed by atoms with Gasteiger partial charge in [-0.05, 0) is 64.7 Å². The lowest BCUT2D eigenvalue weighted by Crippen LogP contribution is -2.14. The minimum atomic E-state index is 1.23. The first kappa shape index (κ1) is 18.3. The Balaban J connectivity index is 1.42. The maximum absolute atomic E-state index is 2.32. The molecule has 3 heteroatoms. The van der Waals surface area contributed by atoms with Gasteiger partial charge in [0, 0.05) is 35.3 Å². The van der Waals surface area contributed by atoms with Crippen LogP contribution in [0.1, 0.15) is 11.1 Å². The van der Waals surface area contributed by atoms with Gasteiger partial charge in [0.15, 0.2) is 0 Å². The van der Waals surface area contributed by atoms with E-state index in [1.165, 1.54) is 54.8 Å². The number of nitrogens with zero attached hydrogens (tertiary/aromatic N) is 2. The lowest BCUT2D eigenvalue weighted by Gasteiger charge is -2.30. The molecule has 0 aromatic heterocycles. The average molecular weight is 419 g/mol. The molecule has 4 aromatic rings. The summed E-state index contributed by atoms with van der Waals surface area (Å²) in [6.45, 7) is 0. The van der Waals surface area contributed by atoms with Crippen LogP contribution in [0.15, 0.2) is 94.7 Å². The van der Waals surface area contributed by atoms with E-state index in [0.717, 1.165) is 0 Å². The van der Waals surface area contributed by atoms with Crippen LogP contribution in [0.3, 0.4) is 0 Å². The highest BCUT2D eigenvalue weighted by molar-refractivity contribution is 7.99. The maximum atomic E-state index is 2.32. The van der Waals surface area contributed by atoms with E-state index >= 15 is 0 Å². The number of anilines is 4. The highest BCUT2D eigenvalue weighted by Gasteiger charge is 2.21. The zero-order valence-electron chi connectivity index (χ0n) is 17.5. The van der Waals surface area contributed by atoms with Crippen molar-refractivity contribution in [2.75, 3.05) is 23.9 Å². The van der Waals surface area contributed by atoms with Crippen LogP contribution < -0.4 is 9.80 Å². The monoisotopic (exact) mass is 418 g/mol. The Bertz CT molecular complexity index is 1350. The van der Waals surface area contributed by atoms with Gasteiger partial charge in [0.1, 0.15) is 0 Å². The third-order valence-electron chi connectivity index (χ3n) is 6.23. The van der Waals surface area contributed by atoms with E-state index in [4.69, 9.17) is 0 Å². The number of para-hydroxylation sites is 2. The second-order valence-corrected chi connectivity index (χ2v) is 9.12. The Morgan fingerprint density at radius 1 is 0.516 bits per heavy atom. The fourth-order valence-electron chi connectivity index (χ4n) is 4.53. The molecular weight excluding hydrogens is 396 g/mol. The number of benzene rings is 4. The molecule has 31 heavy (non-hydrogen) atoms. The molecule has 0 radical (unpaired) electrons. The van der Waals surface area contributed by atoms with E-state index in [2.05, 4.69) is 121 Å². The summed E-state index contributed by atoms with van der Waals surface area (Å²) < 4.78 is 0. The van der Waals surface area contributed by atoms with E-state index in [0.29, 0.717) is 0 Å². The summed E-state index contributed by atoms with van der Waals surface area (Å²) in [4.78, 5) is 7.19. The zero-order valence-corrected chi connectivity index (χ0v) is 18.4. The van der Waals surface area contributed by atoms with Crippen molar-refractivity contribution in [1.29, 1.82) is 0 Å². The van der Waals surface area contributed by atoms with Crippen molar-refractivity contribution in [3.8, 4) is 11.1 Å². The molecule has 0 unspecified atom stereocenters. The molecule has 2 heterocycles. The van der Waals surface area contributed by atoms with E-state index in [-0.39, 0.29) is 0 Å². The molecule has 0 saturated heterocycles. The van der Waals surface area contributed by atoms with Gasteiger partial charge in [0.2, 0.25) is 0 Å². The van der Waals surface area contributed by atoms with E-state index in [9.17, 15) is 0 Å². The van der Waals surface area contributed by atoms with Crippen molar-refractivity contribution >= 4 is 46.7 Å². The second-order valence-electron chi connectivity index (χ2n) is 8.04. The molecule has 2 nitrogen and oxygen atoms in total. The third kappa shape index (κ3) is 2.96. The van der Waals surface area contributed by atoms with Gasteiger partial charge in [-0.1, -0.05) is 66.4 Å². The molecule has 150 valence electrons. The fraction of sp³-hybridized carbons (Fsp3) is 0.0714. The summed E-state index contributed by atoms with van der Waals surface area (Å²) in [5.41, 5.74) is 9.95. The third-order valence-corrected chi connectivity index (χ3v) is 7.36. The SMILES string of the molecule is CN1c2ccccc2C=Cc2cc(-c3ccc4c(c3)N(C)c3ccccc3S4)ccc21. The molecule has 0 atom stereocenters. The Kier molecular flexibility index (Phi) is 4.18. The predicted molar refractivity (Wildman–Crippen MR) is 134 cm³/mol. The minimum Gasteiger partial charge on any atom is -0.344 e. The van der Waals surface area contributed by atoms with Gasteiger partial charge in [0.25, 0.3) is 0 Å². The highest BCUT2D eigenvalue weighted by Crippen LogP contribution is 2.48. The Morgan fingerprint density at radius 2 is 1.13 bits per heavy atom. The first-order valence-electron chi connectivity index (χ1n) is 10.5. The van der Waals surface area contributed by atoms with Gasteiger partial charge in [-0.25, -0.2) is 0 Å². The van der Waals surface area contributed by atoms with Crippen molar-refractivity contribution in [3.63, 3.8) is 0 Å². The van der Waals surface area contributed by atoms with Crippen LogP contribution in [0.5, 0.6) is 0 Å². The second kappa shape index (κ2) is 7.07. The van der Waals surface area contributed by atoms with E-state index < -0.39 is 0 Å². The zero-order chi connectivity index (χ0) is 20.9. The number of fused-ring (bicyclic) bond motifs is 4. The van der Waals surface area contributed by atoms with Crippen LogP contribution in [-0.2, 0) is 0 Å². The largest absolute Gasteiger partial charge is 0.344 e. The average Bonchev–Trinajstić information content (AvgIpc) is 2.96. The van der Waals surface area contributed by atoms with E-state index in [1.54, 1.807) is 0 Å². The molecule has 4 aromatic carbocycles. The van der Waals surface area contributed by atoms with Crippen molar-refractivity contribution < 1.29 is 0 Å². The Morgan fingerprint density at radius 3 is 2.03 bits per heavy atom. The topological polar surface area (TPSA) is 6.48 Å². The number of hydrogen-bond donors (Lipinski definition) is 0. The Labute approximate surface area is 187 Å². The summed E-state index contributed by atoms with van der Waals surface area (Å²) >= 11 is 1.85. The van der Waals surface area contributed by atoms with Gasteiger partial charge >= 0.3 is 0 Å². The van der Waals surface area contributed by atoms with Gasteiger partial charge in [0.05, 0.1) is 11.4 Å². The van der Waals surface area contributed by atoms with Crippen molar-refractivity contribution in [1.82, 2.24) is 0 Å². The van der Waals surface area contributed by atoms with Crippen molar-refractivity contribution in [2.45, 2.75) is 9.79 Å². The normalized spacial score (nSPS) is 13.7. The van der Waals surface area contributed by atoms with Crippen LogP contribution >= 0.6 is 11.8 Å². The van der Waals surface area contributed by atoms with Gasteiger partial charge in [-0.3, -0.25) is 0 Å². The van der Waals surface area contributed by atoms with Crippen molar-refractivity contribution in [3.05, 3.63) is 96.1 Å². The molecular formula is C28H22N2S. The lowest BCUT2D eigenvalue weighted by molar-refractivity contribution is 1.11. The maximum Gasteiger partial charge on any atom is 0.0556 e. The summed E-state index contributed by atoms with van der Waals surface area (Å²) in [7, 11) is 4.31. The van der Waals surface area contributed by atoms with Crippen molar-refractivity contribution in [2.24, 2.45) is 0 Å². The van der Waals surface area contributed by atoms with Crippen LogP contribution in [0.25, 0.3) is 23.3 Å². The van der Waals surface area contributed by atoms with Gasteiger partial charge in [-0.2, -0.15) is 0 Å². The lowest BCUT2D eigenvalue weighted by atomic mass is 10.0. The molecule has 0 fully saturated rings. The predicted octanol–water partition coefficient (Wildman–Crippen LogP) is 7.84. The standard InChI is InChI=1S/C28H22N2S/c1-29-23-8-4-3-7-19(23)11-12-22-17-20(13-15-24(22)29)21-14-16-28-26(18-21)30(2)25-9-5-6-10-27(25)31-28/h3-18H,1-2H3. The fourth-order valence-corrected chi connectivity index (χ4v) is 5.66. The van der Waals surface area contributed by atoms with Crippen LogP contribution in [0.4, 0.5) is 22.7 Å². The summed E-state index contributed by atoms with van der Waals surface area (Å²) in [6.07, 6.45) is 4.45. The first-order chi connectivity index (χ1) is 15.2. The molecule has 6 rings (SSSR count). The first-order valence-corrected chi connectivity index (χ1v) is 11.3. The van der Waals surface area contributed by atoms with E-state index in [1.807, 2.05) is 11.8 Å². The molecule has 0 saturated carbocycles. The number of hydrogen-bond acceptors (Lipinski definition) is 3. The van der Waals surface area contributed by atoms with Crippen LogP contribution in [0.2, 0.25) is 0 Å². The molecule has 0 spiro atoms. The summed E-state index contributed by atoms with van der Waals surface area (Å²) in [5.74, 6) is 0. The molecule has 0 aliphatic carbocycles. The number of rotatable bonds is 1. The molecule has 2 aliphatic heterocycles.